The van der Waals surface area contributed by atoms with Crippen LogP contribution in [0.2, 0.25) is 0 Å². The molecule has 7 rings (SSSR count). The standard InChI is InChI=1S/C21H22F2N10O8P2S2/c1-45-43(35)37-3-9-14(11(23)20(39-9)32-6-30-12-16(24)26-4-28-18(12)32)40-42(34,44)36-2-8-10(22)15(41-43)21(38-8)33-7-31-13-17(25)27-5-29-19(13)33/h1,4-11,14-15,20-21H,2-3H2,(H,34,44)(H2,24,26,28)(H2,25,27,29)/t8-,9-,10+,11-,14-,15-,20-,21-,42?,43-/m1/s1. The average molecular weight is 707 g/mol. The number of alkyl halides is 2. The lowest BCUT2D eigenvalue weighted by Crippen LogP contribution is -2.34. The summed E-state index contributed by atoms with van der Waals surface area (Å²) in [7, 11) is 0.174. The van der Waals surface area contributed by atoms with Gasteiger partial charge in [0, 0.05) is 0 Å². The van der Waals surface area contributed by atoms with E-state index < -0.39 is 75.9 Å². The van der Waals surface area contributed by atoms with Gasteiger partial charge in [-0.1, -0.05) is 5.69 Å². The quantitative estimate of drug-likeness (QED) is 0.252. The summed E-state index contributed by atoms with van der Waals surface area (Å²) in [5.74, 6) is 0.0976. The molecule has 4 aromatic heterocycles. The molecule has 3 aliphatic heterocycles. The van der Waals surface area contributed by atoms with E-state index >= 15 is 8.78 Å². The Hall–Kier alpha value is -2.84. The molecule has 0 radical (unpaired) electrons. The summed E-state index contributed by atoms with van der Waals surface area (Å²) in [4.78, 5) is 35.2. The van der Waals surface area contributed by atoms with E-state index in [1.54, 1.807) is 0 Å². The summed E-state index contributed by atoms with van der Waals surface area (Å²) in [6.45, 7) is -10.1. The fourth-order valence-corrected chi connectivity index (χ4v) is 8.48. The maximum absolute atomic E-state index is 16.1. The van der Waals surface area contributed by atoms with Crippen LogP contribution in [0.4, 0.5) is 20.4 Å². The van der Waals surface area contributed by atoms with Gasteiger partial charge in [-0.05, 0) is 22.6 Å². The Bertz CT molecular complexity index is 1930. The lowest BCUT2D eigenvalue weighted by atomic mass is 10.1. The lowest BCUT2D eigenvalue weighted by Gasteiger charge is -2.26. The number of fused-ring (bicyclic) bond motifs is 5. The van der Waals surface area contributed by atoms with Gasteiger partial charge in [0.2, 0.25) is 0 Å². The SMILES string of the molecule is C#S[P@]1(=O)OC[C@H]2O[C@@H](n3cnc4c(N)ncnc43)[C@H](F)[C@@H]2OP(O)(=S)OC[C@H]2O[C@@H](n3cnc4c(N)ncnc43)[C@H](O1)[C@H]2F. The number of nitrogens with zero attached hydrogens (tertiary/aromatic N) is 8. The van der Waals surface area contributed by atoms with Crippen LogP contribution < -0.4 is 11.5 Å². The van der Waals surface area contributed by atoms with Crippen molar-refractivity contribution in [2.45, 2.75) is 49.2 Å². The third-order valence-corrected chi connectivity index (χ3v) is 11.4. The van der Waals surface area contributed by atoms with Crippen molar-refractivity contribution < 1.29 is 45.8 Å². The highest BCUT2D eigenvalue weighted by Gasteiger charge is 2.54. The first kappa shape index (κ1) is 30.8. The van der Waals surface area contributed by atoms with E-state index in [4.69, 9.17) is 56.5 Å². The normalized spacial score (nSPS) is 37.6. The molecular weight excluding hydrogens is 684 g/mol. The van der Waals surface area contributed by atoms with Crippen LogP contribution in [0.3, 0.4) is 0 Å². The van der Waals surface area contributed by atoms with Gasteiger partial charge in [-0.15, -0.1) is 0 Å². The second-order valence-corrected chi connectivity index (χ2v) is 16.3. The molecule has 5 N–H and O–H groups in total. The van der Waals surface area contributed by atoms with Gasteiger partial charge in [0.05, 0.1) is 25.9 Å². The third kappa shape index (κ3) is 5.40. The molecule has 10 atom stereocenters. The van der Waals surface area contributed by atoms with E-state index in [0.29, 0.717) is 0 Å². The van der Waals surface area contributed by atoms with Crippen LogP contribution in [0.5, 0.6) is 0 Å². The van der Waals surface area contributed by atoms with Gasteiger partial charge in [-0.25, -0.2) is 43.2 Å². The summed E-state index contributed by atoms with van der Waals surface area (Å²) >= 11 is 5.14. The van der Waals surface area contributed by atoms with Crippen molar-refractivity contribution in [3.05, 3.63) is 25.3 Å². The van der Waals surface area contributed by atoms with Crippen molar-refractivity contribution in [1.29, 1.82) is 0 Å². The summed E-state index contributed by atoms with van der Waals surface area (Å²) in [6, 6.07) is 0. The summed E-state index contributed by atoms with van der Waals surface area (Å²) < 4.78 is 82.3. The molecule has 18 nitrogen and oxygen atoms in total. The zero-order valence-electron chi connectivity index (χ0n) is 22.4. The van der Waals surface area contributed by atoms with E-state index in [0.717, 1.165) is 6.33 Å². The number of anilines is 2. The van der Waals surface area contributed by atoms with E-state index in [1.807, 2.05) is 0 Å². The second kappa shape index (κ2) is 11.4. The molecule has 2 bridgehead atoms. The number of nitrogen functional groups attached to an aromatic ring is 2. The first-order chi connectivity index (χ1) is 21.5. The van der Waals surface area contributed by atoms with Crippen LogP contribution in [0.25, 0.3) is 22.3 Å². The van der Waals surface area contributed by atoms with E-state index in [9.17, 15) is 9.46 Å². The minimum Gasteiger partial charge on any atom is -0.382 e. The number of nitrogens with two attached hydrogens (primary N) is 2. The van der Waals surface area contributed by atoms with Crippen LogP contribution in [0, 0.1) is 5.69 Å². The number of hydrogen-bond acceptors (Lipinski definition) is 16. The Balaban J connectivity index is 1.22. The molecule has 7 heterocycles. The van der Waals surface area contributed by atoms with Crippen molar-refractivity contribution >= 4 is 70.1 Å². The van der Waals surface area contributed by atoms with Crippen molar-refractivity contribution in [2.24, 2.45) is 0 Å². The number of ether oxygens (including phenoxy) is 2. The molecule has 0 amide bonds. The molecule has 4 aromatic rings. The Morgan fingerprint density at radius 2 is 1.44 bits per heavy atom. The van der Waals surface area contributed by atoms with Gasteiger partial charge >= 0.3 is 13.5 Å². The molecule has 24 heteroatoms. The molecule has 240 valence electrons. The minimum atomic E-state index is -4.43. The Kier molecular flexibility index (Phi) is 7.83. The largest absolute Gasteiger partial charge is 0.418 e. The average Bonchev–Trinajstić information content (AvgIpc) is 3.77. The molecule has 45 heavy (non-hydrogen) atoms. The highest BCUT2D eigenvalue weighted by Crippen LogP contribution is 2.60. The number of halogens is 2. The first-order valence-electron chi connectivity index (χ1n) is 12.9. The van der Waals surface area contributed by atoms with Crippen molar-refractivity contribution in [1.82, 2.24) is 39.0 Å². The fraction of sp³-hybridized carbons (Fsp3) is 0.476. The highest BCUT2D eigenvalue weighted by atomic mass is 32.7. The van der Waals surface area contributed by atoms with Gasteiger partial charge in [0.15, 0.2) is 47.7 Å². The molecule has 3 saturated heterocycles. The first-order valence-corrected chi connectivity index (χ1v) is 18.5. The predicted molar refractivity (Wildman–Crippen MR) is 155 cm³/mol. The van der Waals surface area contributed by atoms with Gasteiger partial charge in [0.25, 0.3) is 0 Å². The summed E-state index contributed by atoms with van der Waals surface area (Å²) in [5.41, 5.74) is 18.1. The maximum Gasteiger partial charge on any atom is 0.418 e. The van der Waals surface area contributed by atoms with Crippen molar-refractivity contribution in [3.8, 4) is 5.69 Å². The number of aromatic nitrogens is 8. The smallest absolute Gasteiger partial charge is 0.382 e. The molecule has 0 spiro atoms. The molecule has 0 aliphatic carbocycles. The Labute approximate surface area is 259 Å². The third-order valence-electron chi connectivity index (χ3n) is 7.29. The molecule has 3 fully saturated rings. The number of hydrogen-bond donors (Lipinski definition) is 3. The van der Waals surface area contributed by atoms with Crippen molar-refractivity contribution in [2.75, 3.05) is 24.7 Å². The summed E-state index contributed by atoms with van der Waals surface area (Å²) in [6.07, 6.45) is -8.15. The van der Waals surface area contributed by atoms with Gasteiger partial charge in [0.1, 0.15) is 48.1 Å². The molecule has 0 aromatic carbocycles. The Morgan fingerprint density at radius 1 is 0.867 bits per heavy atom. The van der Waals surface area contributed by atoms with Gasteiger partial charge in [-0.3, -0.25) is 22.7 Å². The molecule has 3 aliphatic rings. The van der Waals surface area contributed by atoms with E-state index in [2.05, 4.69) is 29.9 Å². The van der Waals surface area contributed by atoms with Crippen molar-refractivity contribution in [3.63, 3.8) is 0 Å². The van der Waals surface area contributed by atoms with Crippen LogP contribution in [0.15, 0.2) is 25.3 Å². The predicted octanol–water partition coefficient (Wildman–Crippen LogP) is 1.77. The number of rotatable bonds is 2. The lowest BCUT2D eigenvalue weighted by molar-refractivity contribution is -0.0578. The second-order valence-electron chi connectivity index (χ2n) is 9.94. The molecule has 1 unspecified atom stereocenters. The molecular formula is C21H22F2N10O8P2S2. The molecule has 0 saturated carbocycles. The van der Waals surface area contributed by atoms with Crippen LogP contribution in [-0.4, -0.2) is 93.9 Å². The highest BCUT2D eigenvalue weighted by molar-refractivity contribution is 8.48. The van der Waals surface area contributed by atoms with Crippen LogP contribution in [-0.2, 0) is 43.9 Å². The van der Waals surface area contributed by atoms with Gasteiger partial charge in [-0.2, -0.15) is 0 Å². The fourth-order valence-electron chi connectivity index (χ4n) is 5.21. The maximum atomic E-state index is 16.1. The summed E-state index contributed by atoms with van der Waals surface area (Å²) in [5, 5.41) is 0. The van der Waals surface area contributed by atoms with Crippen LogP contribution >= 0.6 is 24.3 Å². The number of imidazole rings is 2. The zero-order chi connectivity index (χ0) is 31.7. The van der Waals surface area contributed by atoms with Gasteiger partial charge < -0.3 is 30.4 Å². The van der Waals surface area contributed by atoms with E-state index in [-0.39, 0.29) is 44.8 Å². The van der Waals surface area contributed by atoms with Crippen LogP contribution in [0.1, 0.15) is 12.5 Å². The topological polar surface area (TPSA) is 232 Å². The Morgan fingerprint density at radius 3 is 2.07 bits per heavy atom. The monoisotopic (exact) mass is 706 g/mol. The van der Waals surface area contributed by atoms with E-state index in [1.165, 1.54) is 28.1 Å². The zero-order valence-corrected chi connectivity index (χ0v) is 25.8. The minimum absolute atomic E-state index is 0.0486.